The van der Waals surface area contributed by atoms with E-state index in [0.717, 1.165) is 10.5 Å². The lowest BCUT2D eigenvalue weighted by molar-refractivity contribution is -0.384. The molecule has 0 aliphatic rings. The standard InChI is InChI=1S/C24H22ClN3O4S/c1-3-22(24(30)27-21-13-17(25)10-7-15(21)2)33-20-6-4-5-18(14-20)26-23(29)16-8-11-19(12-9-16)28(31)32/h4-14,22H,3H2,1-2H3,(H,26,29)(H,27,30). The molecule has 170 valence electrons. The number of nitro benzene ring substituents is 1. The maximum absolute atomic E-state index is 12.8. The summed E-state index contributed by atoms with van der Waals surface area (Å²) in [6.45, 7) is 3.83. The first kappa shape index (κ1) is 24.3. The lowest BCUT2D eigenvalue weighted by Crippen LogP contribution is -2.25. The van der Waals surface area contributed by atoms with Crippen molar-refractivity contribution in [3.05, 3.63) is 93.0 Å². The molecule has 2 amide bonds. The van der Waals surface area contributed by atoms with Gasteiger partial charge < -0.3 is 10.6 Å². The SMILES string of the molecule is CCC(Sc1cccc(NC(=O)c2ccc([N+](=O)[O-])cc2)c1)C(=O)Nc1cc(Cl)ccc1C. The van der Waals surface area contributed by atoms with Crippen molar-refractivity contribution in [2.45, 2.75) is 30.4 Å². The first-order valence-electron chi connectivity index (χ1n) is 10.2. The summed E-state index contributed by atoms with van der Waals surface area (Å²) in [4.78, 5) is 36.4. The van der Waals surface area contributed by atoms with Crippen LogP contribution in [0, 0.1) is 17.0 Å². The number of nitro groups is 1. The number of non-ortho nitro benzene ring substituents is 1. The Labute approximate surface area is 200 Å². The number of nitrogens with zero attached hydrogens (tertiary/aromatic N) is 1. The van der Waals surface area contributed by atoms with Gasteiger partial charge in [-0.15, -0.1) is 11.8 Å². The summed E-state index contributed by atoms with van der Waals surface area (Å²) in [5, 5.41) is 16.7. The smallest absolute Gasteiger partial charge is 0.269 e. The lowest BCUT2D eigenvalue weighted by Gasteiger charge is -2.16. The predicted molar refractivity (Wildman–Crippen MR) is 132 cm³/mol. The van der Waals surface area contributed by atoms with Gasteiger partial charge in [-0.3, -0.25) is 19.7 Å². The van der Waals surface area contributed by atoms with E-state index in [1.807, 2.05) is 26.0 Å². The quantitative estimate of drug-likeness (QED) is 0.222. The molecular formula is C24H22ClN3O4S. The van der Waals surface area contributed by atoms with Crippen molar-refractivity contribution in [3.63, 3.8) is 0 Å². The molecule has 7 nitrogen and oxygen atoms in total. The number of aryl methyl sites for hydroxylation is 1. The van der Waals surface area contributed by atoms with Gasteiger partial charge >= 0.3 is 0 Å². The minimum atomic E-state index is -0.517. The van der Waals surface area contributed by atoms with E-state index in [1.54, 1.807) is 30.3 Å². The van der Waals surface area contributed by atoms with Crippen LogP contribution in [0.1, 0.15) is 29.3 Å². The van der Waals surface area contributed by atoms with Gasteiger partial charge in [0.25, 0.3) is 11.6 Å². The van der Waals surface area contributed by atoms with Gasteiger partial charge in [0.05, 0.1) is 10.2 Å². The van der Waals surface area contributed by atoms with Crippen molar-refractivity contribution in [2.24, 2.45) is 0 Å². The Hall–Kier alpha value is -3.36. The summed E-state index contributed by atoms with van der Waals surface area (Å²) < 4.78 is 0. The molecule has 0 aromatic heterocycles. The number of amides is 2. The molecule has 0 saturated carbocycles. The van der Waals surface area contributed by atoms with Gasteiger partial charge in [0.2, 0.25) is 5.91 Å². The van der Waals surface area contributed by atoms with Crippen LogP contribution in [0.15, 0.2) is 71.6 Å². The molecule has 3 aromatic carbocycles. The van der Waals surface area contributed by atoms with Crippen LogP contribution in [-0.4, -0.2) is 22.0 Å². The van der Waals surface area contributed by atoms with Crippen LogP contribution in [0.4, 0.5) is 17.1 Å². The van der Waals surface area contributed by atoms with Gasteiger partial charge in [-0.1, -0.05) is 30.7 Å². The van der Waals surface area contributed by atoms with Crippen LogP contribution in [-0.2, 0) is 4.79 Å². The van der Waals surface area contributed by atoms with Crippen LogP contribution in [0.2, 0.25) is 5.02 Å². The molecule has 1 unspecified atom stereocenters. The topological polar surface area (TPSA) is 101 Å². The molecule has 0 radical (unpaired) electrons. The van der Waals surface area contributed by atoms with Gasteiger partial charge in [-0.05, 0) is 61.4 Å². The van der Waals surface area contributed by atoms with E-state index < -0.39 is 4.92 Å². The lowest BCUT2D eigenvalue weighted by atomic mass is 10.2. The zero-order chi connectivity index (χ0) is 24.0. The van der Waals surface area contributed by atoms with E-state index in [-0.39, 0.29) is 22.8 Å². The molecule has 2 N–H and O–H groups in total. The van der Waals surface area contributed by atoms with Crippen molar-refractivity contribution >= 4 is 52.2 Å². The number of anilines is 2. The van der Waals surface area contributed by atoms with Crippen LogP contribution < -0.4 is 10.6 Å². The highest BCUT2D eigenvalue weighted by atomic mass is 35.5. The Morgan fingerprint density at radius 3 is 2.45 bits per heavy atom. The van der Waals surface area contributed by atoms with Crippen molar-refractivity contribution in [2.75, 3.05) is 10.6 Å². The third kappa shape index (κ3) is 6.57. The van der Waals surface area contributed by atoms with Gasteiger partial charge in [0.1, 0.15) is 0 Å². The second-order valence-electron chi connectivity index (χ2n) is 7.25. The molecule has 3 rings (SSSR count). The van der Waals surface area contributed by atoms with Crippen LogP contribution in [0.25, 0.3) is 0 Å². The van der Waals surface area contributed by atoms with E-state index in [4.69, 9.17) is 11.6 Å². The molecule has 0 spiro atoms. The van der Waals surface area contributed by atoms with Gasteiger partial charge in [0.15, 0.2) is 0 Å². The second kappa shape index (κ2) is 11.0. The fraction of sp³-hybridized carbons (Fsp3) is 0.167. The normalized spacial score (nSPS) is 11.5. The predicted octanol–water partition coefficient (Wildman–Crippen LogP) is 6.32. The number of halogens is 1. The van der Waals surface area contributed by atoms with Gasteiger partial charge in [-0.25, -0.2) is 0 Å². The summed E-state index contributed by atoms with van der Waals surface area (Å²) >= 11 is 7.44. The van der Waals surface area contributed by atoms with Gasteiger partial charge in [0, 0.05) is 39.0 Å². The van der Waals surface area contributed by atoms with Crippen LogP contribution >= 0.6 is 23.4 Å². The van der Waals surface area contributed by atoms with E-state index in [9.17, 15) is 19.7 Å². The molecular weight excluding hydrogens is 462 g/mol. The Balaban J connectivity index is 1.67. The summed E-state index contributed by atoms with van der Waals surface area (Å²) in [5.41, 5.74) is 2.38. The van der Waals surface area contributed by atoms with Crippen molar-refractivity contribution < 1.29 is 14.5 Å². The molecule has 0 bridgehead atoms. The number of carbonyl (C=O) groups is 2. The van der Waals surface area contributed by atoms with E-state index in [0.29, 0.717) is 28.4 Å². The Bertz CT molecular complexity index is 1180. The number of rotatable bonds is 8. The van der Waals surface area contributed by atoms with E-state index >= 15 is 0 Å². The molecule has 9 heteroatoms. The molecule has 0 saturated heterocycles. The highest BCUT2D eigenvalue weighted by molar-refractivity contribution is 8.00. The highest BCUT2D eigenvalue weighted by Crippen LogP contribution is 2.29. The molecule has 33 heavy (non-hydrogen) atoms. The number of benzene rings is 3. The minimum Gasteiger partial charge on any atom is -0.325 e. The number of nitrogens with one attached hydrogen (secondary N) is 2. The largest absolute Gasteiger partial charge is 0.325 e. The maximum Gasteiger partial charge on any atom is 0.269 e. The molecule has 0 aliphatic heterocycles. The molecule has 0 fully saturated rings. The first-order chi connectivity index (χ1) is 15.8. The summed E-state index contributed by atoms with van der Waals surface area (Å²) in [6, 6.07) is 17.9. The second-order valence-corrected chi connectivity index (χ2v) is 8.96. The third-order valence-electron chi connectivity index (χ3n) is 4.83. The fourth-order valence-electron chi connectivity index (χ4n) is 3.01. The minimum absolute atomic E-state index is 0.0817. The summed E-state index contributed by atoms with van der Waals surface area (Å²) in [5.74, 6) is -0.513. The Morgan fingerprint density at radius 1 is 1.06 bits per heavy atom. The monoisotopic (exact) mass is 483 g/mol. The highest BCUT2D eigenvalue weighted by Gasteiger charge is 2.19. The zero-order valence-corrected chi connectivity index (χ0v) is 19.6. The first-order valence-corrected chi connectivity index (χ1v) is 11.4. The third-order valence-corrected chi connectivity index (χ3v) is 6.42. The number of hydrogen-bond acceptors (Lipinski definition) is 5. The number of thioether (sulfide) groups is 1. The van der Waals surface area contributed by atoms with Crippen LogP contribution in [0.3, 0.4) is 0 Å². The number of hydrogen-bond donors (Lipinski definition) is 2. The zero-order valence-electron chi connectivity index (χ0n) is 18.0. The van der Waals surface area contributed by atoms with Crippen molar-refractivity contribution in [1.29, 1.82) is 0 Å². The average molecular weight is 484 g/mol. The van der Waals surface area contributed by atoms with Gasteiger partial charge in [-0.2, -0.15) is 0 Å². The molecule has 0 heterocycles. The van der Waals surface area contributed by atoms with E-state index in [2.05, 4.69) is 10.6 Å². The van der Waals surface area contributed by atoms with Crippen LogP contribution in [0.5, 0.6) is 0 Å². The summed E-state index contributed by atoms with van der Waals surface area (Å²) in [7, 11) is 0. The summed E-state index contributed by atoms with van der Waals surface area (Å²) in [6.07, 6.45) is 0.607. The number of carbonyl (C=O) groups excluding carboxylic acids is 2. The van der Waals surface area contributed by atoms with E-state index in [1.165, 1.54) is 36.0 Å². The van der Waals surface area contributed by atoms with Crippen molar-refractivity contribution in [1.82, 2.24) is 0 Å². The molecule has 0 aliphatic carbocycles. The molecule has 3 aromatic rings. The van der Waals surface area contributed by atoms with Crippen molar-refractivity contribution in [3.8, 4) is 0 Å². The maximum atomic E-state index is 12.8. The average Bonchev–Trinajstić information content (AvgIpc) is 2.80. The molecule has 1 atom stereocenters. The Morgan fingerprint density at radius 2 is 1.79 bits per heavy atom. The Kier molecular flexibility index (Phi) is 8.08. The fourth-order valence-corrected chi connectivity index (χ4v) is 4.20.